The Morgan fingerprint density at radius 3 is 2.68 bits per heavy atom. The van der Waals surface area contributed by atoms with E-state index in [-0.39, 0.29) is 12.5 Å². The molecule has 0 spiro atoms. The average Bonchev–Trinajstić information content (AvgIpc) is 2.59. The van der Waals surface area contributed by atoms with Crippen LogP contribution in [0.2, 0.25) is 0 Å². The number of hydrogen-bond donors (Lipinski definition) is 1. The van der Waals surface area contributed by atoms with E-state index in [4.69, 9.17) is 4.74 Å². The molecule has 1 amide bonds. The molecule has 22 heavy (non-hydrogen) atoms. The van der Waals surface area contributed by atoms with Crippen LogP contribution in [-0.2, 0) is 11.3 Å². The fraction of sp³-hybridized carbons (Fsp3) is 0.111. The molecule has 0 bridgehead atoms. The number of nitrogens with zero attached hydrogens (tertiary/aromatic N) is 1. The summed E-state index contributed by atoms with van der Waals surface area (Å²) in [5, 5.41) is 3.89. The molecule has 0 aliphatic heterocycles. The molecule has 0 saturated carbocycles. The van der Waals surface area contributed by atoms with E-state index in [9.17, 15) is 4.79 Å². The molecule has 2 aromatic carbocycles. The number of carbonyl (C=O) groups excluding carboxylic acids is 1. The number of pyridine rings is 1. The van der Waals surface area contributed by atoms with E-state index < -0.39 is 0 Å². The lowest BCUT2D eigenvalue weighted by atomic mass is 10.1. The highest BCUT2D eigenvalue weighted by atomic mass is 16.5. The first-order valence-electron chi connectivity index (χ1n) is 7.09. The second kappa shape index (κ2) is 6.72. The van der Waals surface area contributed by atoms with Crippen molar-refractivity contribution in [1.29, 1.82) is 0 Å². The Bertz CT molecular complexity index is 772. The number of amides is 1. The normalized spacial score (nSPS) is 10.4. The number of para-hydroxylation sites is 2. The number of ether oxygens (including phenoxy) is 1. The third-order valence-electron chi connectivity index (χ3n) is 3.25. The van der Waals surface area contributed by atoms with Crippen LogP contribution in [0.25, 0.3) is 10.9 Å². The summed E-state index contributed by atoms with van der Waals surface area (Å²) in [5.41, 5.74) is 1.91. The molecule has 3 aromatic rings. The Kier molecular flexibility index (Phi) is 4.30. The molecule has 4 heteroatoms. The van der Waals surface area contributed by atoms with Gasteiger partial charge in [0.2, 0.25) is 0 Å². The van der Waals surface area contributed by atoms with Gasteiger partial charge in [-0.05, 0) is 29.8 Å². The molecular weight excluding hydrogens is 276 g/mol. The highest BCUT2D eigenvalue weighted by Gasteiger charge is 2.03. The van der Waals surface area contributed by atoms with Crippen LogP contribution in [0.5, 0.6) is 5.75 Å². The average molecular weight is 292 g/mol. The first-order chi connectivity index (χ1) is 10.8. The van der Waals surface area contributed by atoms with Crippen molar-refractivity contribution in [2.75, 3.05) is 6.61 Å². The van der Waals surface area contributed by atoms with Gasteiger partial charge in [0.05, 0.1) is 5.52 Å². The molecule has 0 unspecified atom stereocenters. The van der Waals surface area contributed by atoms with Gasteiger partial charge in [0.25, 0.3) is 5.91 Å². The topological polar surface area (TPSA) is 51.2 Å². The zero-order valence-corrected chi connectivity index (χ0v) is 12.0. The maximum Gasteiger partial charge on any atom is 0.258 e. The Morgan fingerprint density at radius 2 is 1.82 bits per heavy atom. The summed E-state index contributed by atoms with van der Waals surface area (Å²) in [6.45, 7) is 0.444. The lowest BCUT2D eigenvalue weighted by Crippen LogP contribution is -2.28. The summed E-state index contributed by atoms with van der Waals surface area (Å²) in [7, 11) is 0. The molecule has 1 heterocycles. The third-order valence-corrected chi connectivity index (χ3v) is 3.25. The van der Waals surface area contributed by atoms with E-state index in [0.29, 0.717) is 12.3 Å². The van der Waals surface area contributed by atoms with Crippen molar-refractivity contribution in [1.82, 2.24) is 10.3 Å². The quantitative estimate of drug-likeness (QED) is 0.786. The Morgan fingerprint density at radius 1 is 1.05 bits per heavy atom. The number of nitrogens with one attached hydrogen (secondary N) is 1. The van der Waals surface area contributed by atoms with Gasteiger partial charge in [0.1, 0.15) is 5.75 Å². The second-order valence-corrected chi connectivity index (χ2v) is 4.91. The summed E-state index contributed by atoms with van der Waals surface area (Å²) in [6, 6.07) is 19.2. The fourth-order valence-corrected chi connectivity index (χ4v) is 2.13. The van der Waals surface area contributed by atoms with Crippen LogP contribution in [0.4, 0.5) is 0 Å². The zero-order valence-electron chi connectivity index (χ0n) is 12.0. The molecule has 0 aliphatic carbocycles. The number of aromatic nitrogens is 1. The summed E-state index contributed by atoms with van der Waals surface area (Å²) in [5.74, 6) is 0.530. The van der Waals surface area contributed by atoms with E-state index in [2.05, 4.69) is 10.3 Å². The minimum absolute atomic E-state index is 0.00498. The van der Waals surface area contributed by atoms with Crippen LogP contribution in [0, 0.1) is 0 Å². The van der Waals surface area contributed by atoms with E-state index >= 15 is 0 Å². The molecule has 1 N–H and O–H groups in total. The zero-order chi connectivity index (χ0) is 15.2. The molecular formula is C18H16N2O2. The number of benzene rings is 2. The van der Waals surface area contributed by atoms with Crippen molar-refractivity contribution >= 4 is 16.8 Å². The number of rotatable bonds is 5. The maximum atomic E-state index is 11.8. The van der Waals surface area contributed by atoms with Crippen LogP contribution >= 0.6 is 0 Å². The summed E-state index contributed by atoms with van der Waals surface area (Å²) in [4.78, 5) is 16.2. The maximum absolute atomic E-state index is 11.8. The van der Waals surface area contributed by atoms with Gasteiger partial charge in [0, 0.05) is 18.1 Å². The highest BCUT2D eigenvalue weighted by molar-refractivity contribution is 5.79. The predicted octanol–water partition coefficient (Wildman–Crippen LogP) is 2.93. The van der Waals surface area contributed by atoms with Crippen LogP contribution < -0.4 is 10.1 Å². The van der Waals surface area contributed by atoms with Gasteiger partial charge in [0.15, 0.2) is 6.61 Å². The lowest BCUT2D eigenvalue weighted by molar-refractivity contribution is -0.123. The van der Waals surface area contributed by atoms with Crippen LogP contribution in [-0.4, -0.2) is 17.5 Å². The largest absolute Gasteiger partial charge is 0.484 e. The van der Waals surface area contributed by atoms with E-state index in [1.807, 2.05) is 60.7 Å². The molecule has 1 aromatic heterocycles. The summed E-state index contributed by atoms with van der Waals surface area (Å²) < 4.78 is 5.40. The van der Waals surface area contributed by atoms with Gasteiger partial charge < -0.3 is 10.1 Å². The standard InChI is InChI=1S/C18H16N2O2/c21-18(13-22-16-7-2-1-3-8-16)20-12-14-10-15-6-4-5-9-17(15)19-11-14/h1-11H,12-13H2,(H,20,21). The lowest BCUT2D eigenvalue weighted by Gasteiger charge is -2.08. The smallest absolute Gasteiger partial charge is 0.258 e. The first kappa shape index (κ1) is 14.1. The highest BCUT2D eigenvalue weighted by Crippen LogP contribution is 2.12. The number of fused-ring (bicyclic) bond motifs is 1. The SMILES string of the molecule is O=C(COc1ccccc1)NCc1cnc2ccccc2c1. The number of hydrogen-bond acceptors (Lipinski definition) is 3. The van der Waals surface area contributed by atoms with Crippen molar-refractivity contribution < 1.29 is 9.53 Å². The van der Waals surface area contributed by atoms with Gasteiger partial charge in [-0.3, -0.25) is 9.78 Å². The summed E-state index contributed by atoms with van der Waals surface area (Å²) in [6.07, 6.45) is 1.78. The van der Waals surface area contributed by atoms with Gasteiger partial charge in [-0.1, -0.05) is 36.4 Å². The van der Waals surface area contributed by atoms with Crippen molar-refractivity contribution in [3.8, 4) is 5.75 Å². The van der Waals surface area contributed by atoms with Crippen molar-refractivity contribution in [3.05, 3.63) is 72.4 Å². The fourth-order valence-electron chi connectivity index (χ4n) is 2.13. The number of carbonyl (C=O) groups is 1. The van der Waals surface area contributed by atoms with Crippen LogP contribution in [0.1, 0.15) is 5.56 Å². The predicted molar refractivity (Wildman–Crippen MR) is 85.5 cm³/mol. The molecule has 110 valence electrons. The first-order valence-corrected chi connectivity index (χ1v) is 7.09. The van der Waals surface area contributed by atoms with E-state index in [0.717, 1.165) is 16.5 Å². The molecule has 0 radical (unpaired) electrons. The Labute approximate surface area is 128 Å². The Hall–Kier alpha value is -2.88. The third kappa shape index (κ3) is 3.61. The monoisotopic (exact) mass is 292 g/mol. The van der Waals surface area contributed by atoms with Gasteiger partial charge in [-0.25, -0.2) is 0 Å². The van der Waals surface area contributed by atoms with Crippen molar-refractivity contribution in [3.63, 3.8) is 0 Å². The van der Waals surface area contributed by atoms with E-state index in [1.54, 1.807) is 6.20 Å². The molecule has 0 saturated heterocycles. The Balaban J connectivity index is 1.53. The second-order valence-electron chi connectivity index (χ2n) is 4.91. The molecule has 0 atom stereocenters. The van der Waals surface area contributed by atoms with Gasteiger partial charge in [-0.2, -0.15) is 0 Å². The summed E-state index contributed by atoms with van der Waals surface area (Å²) >= 11 is 0. The molecule has 0 aliphatic rings. The van der Waals surface area contributed by atoms with Gasteiger partial charge >= 0.3 is 0 Å². The van der Waals surface area contributed by atoms with Crippen molar-refractivity contribution in [2.45, 2.75) is 6.54 Å². The van der Waals surface area contributed by atoms with Crippen LogP contribution in [0.3, 0.4) is 0 Å². The molecule has 4 nitrogen and oxygen atoms in total. The van der Waals surface area contributed by atoms with Crippen LogP contribution in [0.15, 0.2) is 66.9 Å². The molecule has 3 rings (SSSR count). The van der Waals surface area contributed by atoms with Crippen molar-refractivity contribution in [2.24, 2.45) is 0 Å². The minimum atomic E-state index is -0.156. The van der Waals surface area contributed by atoms with Gasteiger partial charge in [-0.15, -0.1) is 0 Å². The molecule has 0 fully saturated rings. The minimum Gasteiger partial charge on any atom is -0.484 e. The van der Waals surface area contributed by atoms with E-state index in [1.165, 1.54) is 0 Å².